The van der Waals surface area contributed by atoms with E-state index in [2.05, 4.69) is 15.9 Å². The molecule has 0 saturated heterocycles. The van der Waals surface area contributed by atoms with Crippen molar-refractivity contribution < 1.29 is 17.5 Å². The molecule has 0 radical (unpaired) electrons. The van der Waals surface area contributed by atoms with Gasteiger partial charge in [-0.05, 0) is 30.3 Å². The largest absolute Gasteiger partial charge is 0.379 e. The normalized spacial score (nSPS) is 11.1. The first-order valence-electron chi connectivity index (χ1n) is 5.43. The Hall–Kier alpha value is -1.64. The van der Waals surface area contributed by atoms with E-state index in [-0.39, 0.29) is 15.7 Å². The molecular weight excluding hydrogens is 386 g/mol. The van der Waals surface area contributed by atoms with Crippen LogP contribution >= 0.6 is 27.5 Å². The molecule has 0 unspecified atom stereocenters. The van der Waals surface area contributed by atoms with Crippen molar-refractivity contribution in [3.05, 3.63) is 62.1 Å². The maximum atomic E-state index is 12.1. The SMILES string of the molecule is O=[N+]([O-])c1cc(S(=O)(=O)Oc2cccc(Br)c2)ccc1Cl. The summed E-state index contributed by atoms with van der Waals surface area (Å²) in [6.45, 7) is 0. The summed E-state index contributed by atoms with van der Waals surface area (Å²) in [6, 6.07) is 9.34. The smallest absolute Gasteiger partial charge is 0.339 e. The number of nitro groups is 1. The van der Waals surface area contributed by atoms with E-state index in [1.54, 1.807) is 12.1 Å². The first kappa shape index (κ1) is 15.7. The van der Waals surface area contributed by atoms with Gasteiger partial charge in [-0.2, -0.15) is 8.42 Å². The van der Waals surface area contributed by atoms with E-state index in [0.717, 1.165) is 18.2 Å². The van der Waals surface area contributed by atoms with Gasteiger partial charge in [0.15, 0.2) is 0 Å². The molecule has 0 aliphatic carbocycles. The lowest BCUT2D eigenvalue weighted by Crippen LogP contribution is -2.10. The fourth-order valence-electron chi connectivity index (χ4n) is 1.48. The molecule has 9 heteroatoms. The highest BCUT2D eigenvalue weighted by Gasteiger charge is 2.22. The average Bonchev–Trinajstić information content (AvgIpc) is 2.38. The molecule has 0 bridgehead atoms. The van der Waals surface area contributed by atoms with E-state index in [0.29, 0.717) is 4.47 Å². The molecule has 0 aromatic heterocycles. The quantitative estimate of drug-likeness (QED) is 0.449. The van der Waals surface area contributed by atoms with Gasteiger partial charge in [0.2, 0.25) is 0 Å². The van der Waals surface area contributed by atoms with Crippen LogP contribution in [0.1, 0.15) is 0 Å². The standard InChI is InChI=1S/C12H7BrClNO5S/c13-8-2-1-3-9(6-8)20-21(18,19)10-4-5-11(14)12(7-10)15(16)17/h1-7H. The Morgan fingerprint density at radius 1 is 1.19 bits per heavy atom. The van der Waals surface area contributed by atoms with Gasteiger partial charge >= 0.3 is 10.1 Å². The van der Waals surface area contributed by atoms with Crippen LogP contribution < -0.4 is 4.18 Å². The molecule has 0 fully saturated rings. The van der Waals surface area contributed by atoms with Crippen LogP contribution in [0.4, 0.5) is 5.69 Å². The highest BCUT2D eigenvalue weighted by Crippen LogP contribution is 2.29. The summed E-state index contributed by atoms with van der Waals surface area (Å²) in [7, 11) is -4.19. The summed E-state index contributed by atoms with van der Waals surface area (Å²) in [6.07, 6.45) is 0. The number of hydrogen-bond donors (Lipinski definition) is 0. The van der Waals surface area contributed by atoms with Crippen molar-refractivity contribution in [3.8, 4) is 5.75 Å². The summed E-state index contributed by atoms with van der Waals surface area (Å²) in [5.74, 6) is 0.0852. The highest BCUT2D eigenvalue weighted by atomic mass is 79.9. The van der Waals surface area contributed by atoms with E-state index in [1.807, 2.05) is 0 Å². The zero-order chi connectivity index (χ0) is 15.6. The van der Waals surface area contributed by atoms with Crippen molar-refractivity contribution in [2.24, 2.45) is 0 Å². The van der Waals surface area contributed by atoms with Gasteiger partial charge in [-0.1, -0.05) is 33.6 Å². The molecule has 2 aromatic rings. The summed E-state index contributed by atoms with van der Waals surface area (Å²) in [4.78, 5) is 9.67. The van der Waals surface area contributed by atoms with Crippen LogP contribution in [0.5, 0.6) is 5.75 Å². The third kappa shape index (κ3) is 3.72. The lowest BCUT2D eigenvalue weighted by Gasteiger charge is -2.07. The van der Waals surface area contributed by atoms with Crippen LogP contribution in [0.25, 0.3) is 0 Å². The zero-order valence-electron chi connectivity index (χ0n) is 10.2. The molecule has 0 saturated carbocycles. The molecule has 0 spiro atoms. The summed E-state index contributed by atoms with van der Waals surface area (Å²) < 4.78 is 29.7. The zero-order valence-corrected chi connectivity index (χ0v) is 13.4. The van der Waals surface area contributed by atoms with Crippen LogP contribution in [-0.2, 0) is 10.1 Å². The van der Waals surface area contributed by atoms with Crippen molar-refractivity contribution >= 4 is 43.3 Å². The topological polar surface area (TPSA) is 86.5 Å². The number of hydrogen-bond acceptors (Lipinski definition) is 5. The molecular formula is C12H7BrClNO5S. The average molecular weight is 393 g/mol. The van der Waals surface area contributed by atoms with Crippen molar-refractivity contribution in [2.75, 3.05) is 0 Å². The number of nitrogens with zero attached hydrogens (tertiary/aromatic N) is 1. The van der Waals surface area contributed by atoms with Crippen LogP contribution in [0, 0.1) is 10.1 Å². The Kier molecular flexibility index (Phi) is 4.50. The Bertz CT molecular complexity index is 809. The minimum atomic E-state index is -4.19. The van der Waals surface area contributed by atoms with Crippen molar-refractivity contribution in [1.29, 1.82) is 0 Å². The first-order valence-corrected chi connectivity index (χ1v) is 8.01. The van der Waals surface area contributed by atoms with Gasteiger partial charge in [0.05, 0.1) is 4.92 Å². The molecule has 2 rings (SSSR count). The Labute approximate surface area is 133 Å². The molecule has 0 atom stereocenters. The molecule has 21 heavy (non-hydrogen) atoms. The third-order valence-electron chi connectivity index (χ3n) is 2.40. The third-order valence-corrected chi connectivity index (χ3v) is 4.46. The van der Waals surface area contributed by atoms with Crippen LogP contribution in [0.2, 0.25) is 5.02 Å². The Morgan fingerprint density at radius 3 is 2.52 bits per heavy atom. The van der Waals surface area contributed by atoms with Crippen LogP contribution in [0.15, 0.2) is 51.8 Å². The van der Waals surface area contributed by atoms with E-state index in [1.165, 1.54) is 12.1 Å². The molecule has 0 amide bonds. The second-order valence-corrected chi connectivity index (χ2v) is 6.73. The van der Waals surface area contributed by atoms with Gasteiger partial charge in [-0.25, -0.2) is 0 Å². The Morgan fingerprint density at radius 2 is 1.90 bits per heavy atom. The number of halogens is 2. The van der Waals surface area contributed by atoms with Crippen molar-refractivity contribution in [2.45, 2.75) is 4.90 Å². The van der Waals surface area contributed by atoms with Crippen LogP contribution in [0.3, 0.4) is 0 Å². The molecule has 2 aromatic carbocycles. The van der Waals surface area contributed by atoms with E-state index in [9.17, 15) is 18.5 Å². The highest BCUT2D eigenvalue weighted by molar-refractivity contribution is 9.10. The fourth-order valence-corrected chi connectivity index (χ4v) is 2.99. The van der Waals surface area contributed by atoms with Gasteiger partial charge in [0.25, 0.3) is 5.69 Å². The second-order valence-electron chi connectivity index (χ2n) is 3.87. The summed E-state index contributed by atoms with van der Waals surface area (Å²) >= 11 is 8.82. The van der Waals surface area contributed by atoms with Crippen molar-refractivity contribution in [3.63, 3.8) is 0 Å². The minimum absolute atomic E-state index is 0.0852. The number of rotatable bonds is 4. The number of benzene rings is 2. The van der Waals surface area contributed by atoms with E-state index >= 15 is 0 Å². The number of nitro benzene ring substituents is 1. The van der Waals surface area contributed by atoms with Gasteiger partial charge in [-0.3, -0.25) is 10.1 Å². The van der Waals surface area contributed by atoms with E-state index < -0.39 is 20.7 Å². The van der Waals surface area contributed by atoms with Gasteiger partial charge in [-0.15, -0.1) is 0 Å². The maximum Gasteiger partial charge on any atom is 0.339 e. The first-order chi connectivity index (χ1) is 9.79. The van der Waals surface area contributed by atoms with Gasteiger partial charge < -0.3 is 4.18 Å². The molecule has 6 nitrogen and oxygen atoms in total. The fraction of sp³-hybridized carbons (Fsp3) is 0. The lowest BCUT2D eigenvalue weighted by atomic mass is 10.3. The molecule has 0 heterocycles. The maximum absolute atomic E-state index is 12.1. The monoisotopic (exact) mass is 391 g/mol. The summed E-state index contributed by atoms with van der Waals surface area (Å²) in [5, 5.41) is 10.6. The predicted molar refractivity (Wildman–Crippen MR) is 80.1 cm³/mol. The summed E-state index contributed by atoms with van der Waals surface area (Å²) in [5.41, 5.74) is -0.504. The predicted octanol–water partition coefficient (Wildman–Crippen LogP) is 3.78. The van der Waals surface area contributed by atoms with Crippen LogP contribution in [-0.4, -0.2) is 13.3 Å². The molecule has 0 N–H and O–H groups in total. The van der Waals surface area contributed by atoms with Gasteiger partial charge in [0, 0.05) is 10.5 Å². The lowest BCUT2D eigenvalue weighted by molar-refractivity contribution is -0.384. The van der Waals surface area contributed by atoms with Crippen molar-refractivity contribution in [1.82, 2.24) is 0 Å². The molecule has 0 aliphatic rings. The minimum Gasteiger partial charge on any atom is -0.379 e. The molecule has 0 aliphatic heterocycles. The molecule has 110 valence electrons. The van der Waals surface area contributed by atoms with E-state index in [4.69, 9.17) is 15.8 Å². The van der Waals surface area contributed by atoms with Gasteiger partial charge in [0.1, 0.15) is 15.7 Å². The Balaban J connectivity index is 2.40. The second kappa shape index (κ2) is 6.00.